The van der Waals surface area contributed by atoms with E-state index in [9.17, 15) is 0 Å². The van der Waals surface area contributed by atoms with Gasteiger partial charge in [-0.25, -0.2) is 0 Å². The van der Waals surface area contributed by atoms with E-state index in [1.807, 2.05) is 0 Å². The van der Waals surface area contributed by atoms with Gasteiger partial charge in [-0.1, -0.05) is 59.8 Å². The van der Waals surface area contributed by atoms with Gasteiger partial charge in [0.1, 0.15) is 0 Å². The topological polar surface area (TPSA) is 12.0 Å². The SMILES string of the molecule is CCCCC1CCC(CNC(C)(C)CC(C)(C)C)CC1. The van der Waals surface area contributed by atoms with Crippen LogP contribution >= 0.6 is 0 Å². The van der Waals surface area contributed by atoms with Crippen molar-refractivity contribution in [1.29, 1.82) is 0 Å². The lowest BCUT2D eigenvalue weighted by atomic mass is 9.78. The molecule has 0 spiro atoms. The van der Waals surface area contributed by atoms with E-state index in [4.69, 9.17) is 0 Å². The van der Waals surface area contributed by atoms with Gasteiger partial charge in [-0.05, 0) is 56.9 Å². The standard InChI is InChI=1S/C19H39N/c1-7-8-9-16-10-12-17(13-11-16)14-20-19(5,6)15-18(2,3)4/h16-17,20H,7-15H2,1-6H3. The van der Waals surface area contributed by atoms with Gasteiger partial charge in [-0.3, -0.25) is 0 Å². The number of nitrogens with one attached hydrogen (secondary N) is 1. The van der Waals surface area contributed by atoms with Crippen molar-refractivity contribution in [3.05, 3.63) is 0 Å². The molecular weight excluding hydrogens is 242 g/mol. The van der Waals surface area contributed by atoms with Gasteiger partial charge in [0, 0.05) is 5.54 Å². The van der Waals surface area contributed by atoms with Crippen LogP contribution in [0.3, 0.4) is 0 Å². The molecule has 1 fully saturated rings. The van der Waals surface area contributed by atoms with E-state index in [1.54, 1.807) is 0 Å². The molecule has 20 heavy (non-hydrogen) atoms. The first kappa shape index (κ1) is 18.0. The van der Waals surface area contributed by atoms with Crippen molar-refractivity contribution in [2.24, 2.45) is 17.3 Å². The Bertz CT molecular complexity index is 253. The highest BCUT2D eigenvalue weighted by atomic mass is 15.0. The number of hydrogen-bond donors (Lipinski definition) is 1. The molecule has 1 saturated carbocycles. The van der Waals surface area contributed by atoms with Gasteiger partial charge in [0.15, 0.2) is 0 Å². The molecule has 1 aliphatic rings. The second-order valence-corrected chi connectivity index (χ2v) is 9.03. The first-order valence-corrected chi connectivity index (χ1v) is 8.97. The smallest absolute Gasteiger partial charge is 0.0130 e. The number of rotatable bonds is 7. The second kappa shape index (κ2) is 7.82. The van der Waals surface area contributed by atoms with Crippen molar-refractivity contribution < 1.29 is 0 Å². The Labute approximate surface area is 128 Å². The third kappa shape index (κ3) is 7.67. The van der Waals surface area contributed by atoms with E-state index < -0.39 is 0 Å². The van der Waals surface area contributed by atoms with Crippen LogP contribution in [0.15, 0.2) is 0 Å². The summed E-state index contributed by atoms with van der Waals surface area (Å²) in [7, 11) is 0. The maximum atomic E-state index is 3.84. The van der Waals surface area contributed by atoms with Gasteiger partial charge in [0.2, 0.25) is 0 Å². The second-order valence-electron chi connectivity index (χ2n) is 9.03. The summed E-state index contributed by atoms with van der Waals surface area (Å²) in [4.78, 5) is 0. The summed E-state index contributed by atoms with van der Waals surface area (Å²) in [6, 6.07) is 0. The highest BCUT2D eigenvalue weighted by Gasteiger charge is 2.27. The summed E-state index contributed by atoms with van der Waals surface area (Å²) in [5.74, 6) is 1.96. The summed E-state index contributed by atoms with van der Waals surface area (Å²) in [5, 5.41) is 3.84. The third-order valence-corrected chi connectivity index (χ3v) is 4.77. The molecule has 0 bridgehead atoms. The number of hydrogen-bond acceptors (Lipinski definition) is 1. The molecule has 0 aromatic rings. The van der Waals surface area contributed by atoms with Crippen molar-refractivity contribution in [3.8, 4) is 0 Å². The Hall–Kier alpha value is -0.0400. The molecule has 0 unspecified atom stereocenters. The average molecular weight is 282 g/mol. The third-order valence-electron chi connectivity index (χ3n) is 4.77. The molecule has 0 aromatic carbocycles. The Morgan fingerprint density at radius 2 is 1.45 bits per heavy atom. The van der Waals surface area contributed by atoms with Crippen LogP contribution in [0.4, 0.5) is 0 Å². The average Bonchev–Trinajstić information content (AvgIpc) is 2.32. The van der Waals surface area contributed by atoms with E-state index in [-0.39, 0.29) is 5.54 Å². The lowest BCUT2D eigenvalue weighted by Gasteiger charge is -2.36. The molecule has 0 heterocycles. The zero-order valence-corrected chi connectivity index (χ0v) is 15.0. The van der Waals surface area contributed by atoms with Crippen LogP contribution in [0.1, 0.15) is 92.9 Å². The van der Waals surface area contributed by atoms with Crippen LogP contribution in [0.2, 0.25) is 0 Å². The molecule has 0 radical (unpaired) electrons. The van der Waals surface area contributed by atoms with E-state index in [0.717, 1.165) is 11.8 Å². The molecule has 1 nitrogen and oxygen atoms in total. The van der Waals surface area contributed by atoms with Crippen LogP contribution in [0.5, 0.6) is 0 Å². The van der Waals surface area contributed by atoms with E-state index in [2.05, 4.69) is 46.9 Å². The lowest BCUT2D eigenvalue weighted by Crippen LogP contribution is -2.45. The zero-order valence-electron chi connectivity index (χ0n) is 15.0. The highest BCUT2D eigenvalue weighted by molar-refractivity contribution is 4.85. The van der Waals surface area contributed by atoms with E-state index in [1.165, 1.54) is 57.9 Å². The molecule has 0 saturated heterocycles. The monoisotopic (exact) mass is 281 g/mol. The zero-order chi connectivity index (χ0) is 15.2. The minimum Gasteiger partial charge on any atom is -0.311 e. The van der Waals surface area contributed by atoms with Crippen molar-refractivity contribution in [2.75, 3.05) is 6.54 Å². The minimum atomic E-state index is 0.275. The molecule has 1 rings (SSSR count). The van der Waals surface area contributed by atoms with Crippen LogP contribution in [0.25, 0.3) is 0 Å². The molecule has 0 atom stereocenters. The van der Waals surface area contributed by atoms with Gasteiger partial charge in [0.25, 0.3) is 0 Å². The molecule has 0 aliphatic heterocycles. The van der Waals surface area contributed by atoms with Gasteiger partial charge in [0.05, 0.1) is 0 Å². The molecule has 1 aliphatic carbocycles. The van der Waals surface area contributed by atoms with Gasteiger partial charge in [-0.15, -0.1) is 0 Å². The first-order chi connectivity index (χ1) is 9.22. The molecule has 1 heteroatoms. The fraction of sp³-hybridized carbons (Fsp3) is 1.00. The van der Waals surface area contributed by atoms with Crippen LogP contribution < -0.4 is 5.32 Å². The maximum Gasteiger partial charge on any atom is 0.0130 e. The fourth-order valence-electron chi connectivity index (χ4n) is 4.03. The quantitative estimate of drug-likeness (QED) is 0.623. The van der Waals surface area contributed by atoms with Crippen LogP contribution in [0, 0.1) is 17.3 Å². The Balaban J connectivity index is 2.23. The number of unbranched alkanes of at least 4 members (excludes halogenated alkanes) is 1. The predicted octanol–water partition coefficient (Wildman–Crippen LogP) is 5.79. The van der Waals surface area contributed by atoms with E-state index in [0.29, 0.717) is 5.41 Å². The summed E-state index contributed by atoms with van der Waals surface area (Å²) in [6.45, 7) is 15.3. The van der Waals surface area contributed by atoms with E-state index >= 15 is 0 Å². The molecule has 120 valence electrons. The highest BCUT2D eigenvalue weighted by Crippen LogP contribution is 2.32. The van der Waals surface area contributed by atoms with Gasteiger partial charge >= 0.3 is 0 Å². The molecular formula is C19H39N. The first-order valence-electron chi connectivity index (χ1n) is 8.97. The Morgan fingerprint density at radius 3 is 1.95 bits per heavy atom. The molecule has 0 amide bonds. The van der Waals surface area contributed by atoms with Crippen LogP contribution in [-0.2, 0) is 0 Å². The van der Waals surface area contributed by atoms with Crippen molar-refractivity contribution >= 4 is 0 Å². The summed E-state index contributed by atoms with van der Waals surface area (Å²) in [6.07, 6.45) is 11.4. The maximum absolute atomic E-state index is 3.84. The van der Waals surface area contributed by atoms with Crippen molar-refractivity contribution in [2.45, 2.75) is 98.4 Å². The normalized spacial score (nSPS) is 24.9. The molecule has 1 N–H and O–H groups in total. The lowest BCUT2D eigenvalue weighted by molar-refractivity contribution is 0.204. The van der Waals surface area contributed by atoms with Crippen molar-refractivity contribution in [3.63, 3.8) is 0 Å². The molecule has 0 aromatic heterocycles. The van der Waals surface area contributed by atoms with Crippen molar-refractivity contribution in [1.82, 2.24) is 5.32 Å². The Morgan fingerprint density at radius 1 is 0.900 bits per heavy atom. The fourth-order valence-corrected chi connectivity index (χ4v) is 4.03. The predicted molar refractivity (Wildman–Crippen MR) is 91.1 cm³/mol. The largest absolute Gasteiger partial charge is 0.311 e. The minimum absolute atomic E-state index is 0.275. The summed E-state index contributed by atoms with van der Waals surface area (Å²) >= 11 is 0. The van der Waals surface area contributed by atoms with Crippen LogP contribution in [-0.4, -0.2) is 12.1 Å². The van der Waals surface area contributed by atoms with Gasteiger partial charge in [-0.2, -0.15) is 0 Å². The summed E-state index contributed by atoms with van der Waals surface area (Å²) in [5.41, 5.74) is 0.686. The summed E-state index contributed by atoms with van der Waals surface area (Å²) < 4.78 is 0. The van der Waals surface area contributed by atoms with Gasteiger partial charge < -0.3 is 5.32 Å². The Kier molecular flexibility index (Phi) is 7.04.